The van der Waals surface area contributed by atoms with E-state index in [1.165, 1.54) is 12.1 Å². The van der Waals surface area contributed by atoms with Gasteiger partial charge in [0.1, 0.15) is 6.04 Å². The molecule has 0 bridgehead atoms. The summed E-state index contributed by atoms with van der Waals surface area (Å²) in [6.45, 7) is 1.60. The molecule has 0 aromatic heterocycles. The van der Waals surface area contributed by atoms with Gasteiger partial charge in [0, 0.05) is 5.69 Å². The third kappa shape index (κ3) is 3.75. The van der Waals surface area contributed by atoms with E-state index in [1.807, 2.05) is 6.92 Å². The van der Waals surface area contributed by atoms with Crippen molar-refractivity contribution in [2.75, 3.05) is 12.3 Å². The number of aliphatic imine (C=N–C) groups is 1. The molecule has 0 amide bonds. The van der Waals surface area contributed by atoms with E-state index in [0.29, 0.717) is 5.69 Å². The van der Waals surface area contributed by atoms with Crippen LogP contribution in [0.2, 0.25) is 0 Å². The van der Waals surface area contributed by atoms with Gasteiger partial charge < -0.3 is 15.6 Å². The Balaban J connectivity index is 1.79. The molecule has 2 atom stereocenters. The highest BCUT2D eigenvalue weighted by Crippen LogP contribution is 2.29. The molecule has 4 N–H and O–H groups in total. The van der Waals surface area contributed by atoms with Gasteiger partial charge in [-0.1, -0.05) is 29.8 Å². The second-order valence-electron chi connectivity index (χ2n) is 5.81. The van der Waals surface area contributed by atoms with Crippen LogP contribution in [0.25, 0.3) is 0 Å². The van der Waals surface area contributed by atoms with Crippen molar-refractivity contribution in [3.05, 3.63) is 59.7 Å². The van der Waals surface area contributed by atoms with Crippen molar-refractivity contribution in [1.29, 1.82) is 0 Å². The van der Waals surface area contributed by atoms with Gasteiger partial charge in [0.05, 0.1) is 11.5 Å². The lowest BCUT2D eigenvalue weighted by molar-refractivity contribution is 0.149. The molecule has 1 heterocycles. The third-order valence-electron chi connectivity index (χ3n) is 3.88. The number of nitrogens with one attached hydrogen (secondary N) is 1. The molecule has 2 aromatic carbocycles. The molecule has 8 heteroatoms. The highest BCUT2D eigenvalue weighted by Gasteiger charge is 2.33. The number of hydrogen-bond acceptors (Lipinski definition) is 6. The van der Waals surface area contributed by atoms with Crippen molar-refractivity contribution in [3.63, 3.8) is 0 Å². The van der Waals surface area contributed by atoms with Crippen LogP contribution in [0.15, 0.2) is 58.4 Å². The quantitative estimate of drug-likeness (QED) is 0.711. The smallest absolute Gasteiger partial charge is 0.300 e. The topological polar surface area (TPSA) is 114 Å². The lowest BCUT2D eigenvalue weighted by Crippen LogP contribution is -2.31. The summed E-state index contributed by atoms with van der Waals surface area (Å²) in [5, 5.41) is 9.53. The predicted molar refractivity (Wildman–Crippen MR) is 94.5 cm³/mol. The van der Waals surface area contributed by atoms with Crippen LogP contribution in [0.4, 0.5) is 5.69 Å². The number of rotatable bonds is 4. The SMILES string of the molecule is Cc1ccc(S(=O)(=O)NC2=NC(CO)C(c3ccc(N)cc3)O2)cc1. The van der Waals surface area contributed by atoms with Crippen LogP contribution < -0.4 is 10.5 Å². The van der Waals surface area contributed by atoms with E-state index in [2.05, 4.69) is 9.71 Å². The summed E-state index contributed by atoms with van der Waals surface area (Å²) < 4.78 is 32.8. The number of nitrogens with zero attached hydrogens (tertiary/aromatic N) is 1. The van der Waals surface area contributed by atoms with E-state index in [-0.39, 0.29) is 17.5 Å². The maximum absolute atomic E-state index is 12.4. The molecule has 7 nitrogen and oxygen atoms in total. The molecule has 0 spiro atoms. The molecule has 132 valence electrons. The molecule has 2 aromatic rings. The van der Waals surface area contributed by atoms with Crippen molar-refractivity contribution < 1.29 is 18.3 Å². The van der Waals surface area contributed by atoms with E-state index < -0.39 is 22.2 Å². The van der Waals surface area contributed by atoms with Crippen LogP contribution in [0, 0.1) is 6.92 Å². The van der Waals surface area contributed by atoms with Crippen LogP contribution in [0.5, 0.6) is 0 Å². The summed E-state index contributed by atoms with van der Waals surface area (Å²) in [4.78, 5) is 4.25. The summed E-state index contributed by atoms with van der Waals surface area (Å²) in [5.74, 6) is 0. The average Bonchev–Trinajstić information content (AvgIpc) is 2.98. The Labute approximate surface area is 146 Å². The molecule has 25 heavy (non-hydrogen) atoms. The third-order valence-corrected chi connectivity index (χ3v) is 5.21. The Hall–Kier alpha value is -2.58. The van der Waals surface area contributed by atoms with Crippen molar-refractivity contribution in [3.8, 4) is 0 Å². The molecule has 3 rings (SSSR count). The second kappa shape index (κ2) is 6.73. The average molecular weight is 361 g/mol. The lowest BCUT2D eigenvalue weighted by Gasteiger charge is -2.16. The number of hydrogen-bond donors (Lipinski definition) is 3. The van der Waals surface area contributed by atoms with Gasteiger partial charge in [-0.15, -0.1) is 0 Å². The van der Waals surface area contributed by atoms with Gasteiger partial charge in [0.2, 0.25) is 0 Å². The number of nitrogen functional groups attached to an aromatic ring is 1. The highest BCUT2D eigenvalue weighted by atomic mass is 32.2. The van der Waals surface area contributed by atoms with Crippen molar-refractivity contribution in [2.24, 2.45) is 4.99 Å². The zero-order chi connectivity index (χ0) is 18.0. The number of aliphatic hydroxyl groups is 1. The number of ether oxygens (including phenoxy) is 1. The summed E-state index contributed by atoms with van der Waals surface area (Å²) in [6.07, 6.45) is -0.582. The molecule has 0 radical (unpaired) electrons. The molecular formula is C17H19N3O4S. The zero-order valence-electron chi connectivity index (χ0n) is 13.6. The molecule has 0 saturated carbocycles. The Kier molecular flexibility index (Phi) is 4.65. The van der Waals surface area contributed by atoms with E-state index in [4.69, 9.17) is 10.5 Å². The number of benzene rings is 2. The van der Waals surface area contributed by atoms with E-state index in [9.17, 15) is 13.5 Å². The van der Waals surface area contributed by atoms with Crippen LogP contribution in [0.3, 0.4) is 0 Å². The standard InChI is InChI=1S/C17H19N3O4S/c1-11-2-8-14(9-3-11)25(22,23)20-17-19-15(10-21)16(24-17)12-4-6-13(18)7-5-12/h2-9,15-16,21H,10,18H2,1H3,(H,19,20). The fraction of sp³-hybridized carbons (Fsp3) is 0.235. The van der Waals surface area contributed by atoms with Crippen LogP contribution in [-0.4, -0.2) is 32.2 Å². The molecule has 1 aliphatic rings. The number of nitrogens with two attached hydrogens (primary N) is 1. The molecular weight excluding hydrogens is 342 g/mol. The monoisotopic (exact) mass is 361 g/mol. The maximum Gasteiger partial charge on any atom is 0.300 e. The first-order chi connectivity index (χ1) is 11.9. The Morgan fingerprint density at radius 3 is 2.40 bits per heavy atom. The van der Waals surface area contributed by atoms with Gasteiger partial charge in [-0.05, 0) is 36.8 Å². The zero-order valence-corrected chi connectivity index (χ0v) is 14.4. The fourth-order valence-electron chi connectivity index (χ4n) is 2.50. The number of anilines is 1. The predicted octanol–water partition coefficient (Wildman–Crippen LogP) is 1.34. The molecule has 0 fully saturated rings. The Morgan fingerprint density at radius 2 is 1.80 bits per heavy atom. The van der Waals surface area contributed by atoms with Crippen LogP contribution >= 0.6 is 0 Å². The molecule has 0 saturated heterocycles. The summed E-state index contributed by atoms with van der Waals surface area (Å²) in [7, 11) is -3.81. The van der Waals surface area contributed by atoms with E-state index in [1.54, 1.807) is 36.4 Å². The minimum absolute atomic E-state index is 0.112. The normalized spacial score (nSPS) is 20.0. The molecule has 0 aliphatic carbocycles. The maximum atomic E-state index is 12.4. The van der Waals surface area contributed by atoms with Gasteiger partial charge in [0.15, 0.2) is 6.10 Å². The number of amidine groups is 1. The second-order valence-corrected chi connectivity index (χ2v) is 7.49. The van der Waals surface area contributed by atoms with Crippen LogP contribution in [-0.2, 0) is 14.8 Å². The van der Waals surface area contributed by atoms with E-state index >= 15 is 0 Å². The number of aliphatic hydroxyl groups excluding tert-OH is 1. The van der Waals surface area contributed by atoms with Gasteiger partial charge in [-0.25, -0.2) is 18.1 Å². The van der Waals surface area contributed by atoms with Gasteiger partial charge in [-0.3, -0.25) is 0 Å². The first-order valence-corrected chi connectivity index (χ1v) is 9.17. The Bertz CT molecular complexity index is 877. The van der Waals surface area contributed by atoms with Gasteiger partial charge in [-0.2, -0.15) is 0 Å². The van der Waals surface area contributed by atoms with Gasteiger partial charge in [0.25, 0.3) is 16.0 Å². The van der Waals surface area contributed by atoms with E-state index in [0.717, 1.165) is 11.1 Å². The first kappa shape index (κ1) is 17.2. The highest BCUT2D eigenvalue weighted by molar-refractivity contribution is 7.90. The largest absolute Gasteiger partial charge is 0.454 e. The molecule has 2 unspecified atom stereocenters. The summed E-state index contributed by atoms with van der Waals surface area (Å²) >= 11 is 0. The summed E-state index contributed by atoms with van der Waals surface area (Å²) in [5.41, 5.74) is 7.98. The number of sulfonamides is 1. The Morgan fingerprint density at radius 1 is 1.16 bits per heavy atom. The van der Waals surface area contributed by atoms with Crippen LogP contribution in [0.1, 0.15) is 17.2 Å². The lowest BCUT2D eigenvalue weighted by atomic mass is 10.0. The number of aryl methyl sites for hydroxylation is 1. The molecule has 1 aliphatic heterocycles. The first-order valence-electron chi connectivity index (χ1n) is 7.69. The van der Waals surface area contributed by atoms with Crippen molar-refractivity contribution >= 4 is 21.7 Å². The summed E-state index contributed by atoms with van der Waals surface area (Å²) in [6, 6.07) is 12.6. The van der Waals surface area contributed by atoms with Crippen molar-refractivity contribution in [2.45, 2.75) is 24.0 Å². The minimum Gasteiger partial charge on any atom is -0.454 e. The fourth-order valence-corrected chi connectivity index (χ4v) is 3.44. The minimum atomic E-state index is -3.81. The van der Waals surface area contributed by atoms with Gasteiger partial charge >= 0.3 is 0 Å². The van der Waals surface area contributed by atoms with Crippen molar-refractivity contribution in [1.82, 2.24) is 4.72 Å².